The number of amides is 3. The molecule has 2 unspecified atom stereocenters. The molecule has 8 nitrogen and oxygen atoms in total. The van der Waals surface area contributed by atoms with E-state index in [-0.39, 0.29) is 17.6 Å². The maximum Gasteiger partial charge on any atom is 0.355 e. The van der Waals surface area contributed by atoms with E-state index in [0.717, 1.165) is 0 Å². The van der Waals surface area contributed by atoms with Gasteiger partial charge in [0.15, 0.2) is 5.69 Å². The Morgan fingerprint density at radius 2 is 2.29 bits per heavy atom. The number of likely N-dealkylation sites (tertiary alicyclic amines) is 1. The molecule has 1 aliphatic heterocycles. The Morgan fingerprint density at radius 3 is 2.81 bits per heavy atom. The predicted octanol–water partition coefficient (Wildman–Crippen LogP) is 0.419. The molecule has 0 saturated carbocycles. The van der Waals surface area contributed by atoms with E-state index in [9.17, 15) is 14.4 Å². The van der Waals surface area contributed by atoms with E-state index in [1.54, 1.807) is 6.92 Å². The van der Waals surface area contributed by atoms with Gasteiger partial charge in [0.1, 0.15) is 5.01 Å². The van der Waals surface area contributed by atoms with Crippen LogP contribution in [0.25, 0.3) is 0 Å². The number of primary amides is 1. The monoisotopic (exact) mass is 312 g/mol. The maximum absolute atomic E-state index is 12.1. The Bertz CT molecular complexity index is 573. The fourth-order valence-electron chi connectivity index (χ4n) is 2.10. The molecule has 4 N–H and O–H groups in total. The van der Waals surface area contributed by atoms with Crippen molar-refractivity contribution in [3.8, 4) is 0 Å². The second-order valence-electron chi connectivity index (χ2n) is 4.88. The number of carbonyl (C=O) groups is 3. The van der Waals surface area contributed by atoms with E-state index in [4.69, 9.17) is 10.8 Å². The molecule has 0 aromatic carbocycles. The van der Waals surface area contributed by atoms with E-state index in [0.29, 0.717) is 24.5 Å². The van der Waals surface area contributed by atoms with E-state index in [1.165, 1.54) is 21.6 Å². The van der Waals surface area contributed by atoms with Crippen molar-refractivity contribution in [2.24, 2.45) is 11.7 Å². The van der Waals surface area contributed by atoms with E-state index in [1.807, 2.05) is 0 Å². The summed E-state index contributed by atoms with van der Waals surface area (Å²) in [5.74, 6) is -1.80. The van der Waals surface area contributed by atoms with Crippen LogP contribution in [0.4, 0.5) is 4.79 Å². The highest BCUT2D eigenvalue weighted by atomic mass is 32.1. The van der Waals surface area contributed by atoms with Gasteiger partial charge in [0, 0.05) is 18.5 Å². The lowest BCUT2D eigenvalue weighted by Crippen LogP contribution is -2.40. The number of nitrogens with one attached hydrogen (secondary N) is 1. The highest BCUT2D eigenvalue weighted by Gasteiger charge is 2.30. The van der Waals surface area contributed by atoms with E-state index < -0.39 is 17.9 Å². The van der Waals surface area contributed by atoms with Gasteiger partial charge in [-0.3, -0.25) is 4.79 Å². The summed E-state index contributed by atoms with van der Waals surface area (Å²) in [6.45, 7) is 2.51. The molecular formula is C12H16N4O4S. The van der Waals surface area contributed by atoms with Crippen molar-refractivity contribution in [2.75, 3.05) is 13.1 Å². The summed E-state index contributed by atoms with van der Waals surface area (Å²) in [6, 6.07) is -0.707. The third-order valence-electron chi connectivity index (χ3n) is 3.33. The van der Waals surface area contributed by atoms with Crippen molar-refractivity contribution < 1.29 is 19.5 Å². The molecule has 2 heterocycles. The first kappa shape index (κ1) is 15.2. The molecule has 1 saturated heterocycles. The standard InChI is InChI=1S/C12H16N4O4S/c1-6(10-15-8(5-21-10)11(18)19)14-12(20)16-3-2-7(4-16)9(13)17/h5-7H,2-4H2,1H3,(H2,13,17)(H,14,20)(H,18,19). The number of urea groups is 1. The van der Waals surface area contributed by atoms with Crippen molar-refractivity contribution in [1.29, 1.82) is 0 Å². The van der Waals surface area contributed by atoms with E-state index >= 15 is 0 Å². The minimum atomic E-state index is -1.10. The molecule has 114 valence electrons. The molecule has 0 aliphatic carbocycles. The Hall–Kier alpha value is -2.16. The minimum absolute atomic E-state index is 0.0361. The van der Waals surface area contributed by atoms with Gasteiger partial charge in [-0.1, -0.05) is 0 Å². The number of hydrogen-bond donors (Lipinski definition) is 3. The van der Waals surface area contributed by atoms with Gasteiger partial charge in [-0.05, 0) is 13.3 Å². The van der Waals surface area contributed by atoms with Gasteiger partial charge in [0.2, 0.25) is 5.91 Å². The molecule has 0 radical (unpaired) electrons. The largest absolute Gasteiger partial charge is 0.476 e. The van der Waals surface area contributed by atoms with Gasteiger partial charge in [-0.2, -0.15) is 0 Å². The van der Waals surface area contributed by atoms with Crippen LogP contribution in [0.3, 0.4) is 0 Å². The molecule has 3 amide bonds. The van der Waals surface area contributed by atoms with Crippen molar-refractivity contribution in [1.82, 2.24) is 15.2 Å². The molecule has 1 aromatic rings. The number of nitrogens with zero attached hydrogens (tertiary/aromatic N) is 2. The van der Waals surface area contributed by atoms with Crippen LogP contribution in [0.2, 0.25) is 0 Å². The highest BCUT2D eigenvalue weighted by molar-refractivity contribution is 7.09. The second kappa shape index (κ2) is 6.08. The number of carboxylic acid groups (broad SMARTS) is 1. The van der Waals surface area contributed by atoms with Gasteiger partial charge in [0.05, 0.1) is 12.0 Å². The molecule has 1 fully saturated rings. The number of aromatic carboxylic acids is 1. The molecule has 0 spiro atoms. The third kappa shape index (κ3) is 3.48. The molecule has 2 rings (SSSR count). The van der Waals surface area contributed by atoms with Gasteiger partial charge in [-0.15, -0.1) is 11.3 Å². The summed E-state index contributed by atoms with van der Waals surface area (Å²) in [5, 5.41) is 13.5. The first-order valence-electron chi connectivity index (χ1n) is 6.42. The predicted molar refractivity (Wildman–Crippen MR) is 74.9 cm³/mol. The number of rotatable bonds is 4. The summed E-state index contributed by atoms with van der Waals surface area (Å²) in [4.78, 5) is 39.4. The van der Waals surface area contributed by atoms with Crippen LogP contribution in [0, 0.1) is 5.92 Å². The van der Waals surface area contributed by atoms with Crippen LogP contribution in [0.5, 0.6) is 0 Å². The van der Waals surface area contributed by atoms with Crippen molar-refractivity contribution >= 4 is 29.2 Å². The summed E-state index contributed by atoms with van der Waals surface area (Å²) in [7, 11) is 0. The lowest BCUT2D eigenvalue weighted by Gasteiger charge is -2.19. The van der Waals surface area contributed by atoms with Crippen LogP contribution < -0.4 is 11.1 Å². The summed E-state index contributed by atoms with van der Waals surface area (Å²) >= 11 is 1.18. The van der Waals surface area contributed by atoms with Crippen molar-refractivity contribution in [2.45, 2.75) is 19.4 Å². The zero-order chi connectivity index (χ0) is 15.6. The Balaban J connectivity index is 1.93. The Morgan fingerprint density at radius 1 is 1.57 bits per heavy atom. The third-order valence-corrected chi connectivity index (χ3v) is 4.36. The van der Waals surface area contributed by atoms with Crippen LogP contribution in [0.1, 0.15) is 34.9 Å². The summed E-state index contributed by atoms with van der Waals surface area (Å²) in [6.07, 6.45) is 0.567. The first-order chi connectivity index (χ1) is 9.88. The van der Waals surface area contributed by atoms with Gasteiger partial charge in [0.25, 0.3) is 0 Å². The smallest absolute Gasteiger partial charge is 0.355 e. The average Bonchev–Trinajstić information content (AvgIpc) is 3.08. The molecule has 1 aromatic heterocycles. The van der Waals surface area contributed by atoms with Crippen LogP contribution in [0.15, 0.2) is 5.38 Å². The van der Waals surface area contributed by atoms with Crippen molar-refractivity contribution in [3.05, 3.63) is 16.1 Å². The fourth-order valence-corrected chi connectivity index (χ4v) is 2.90. The number of aromatic nitrogens is 1. The molecular weight excluding hydrogens is 296 g/mol. The topological polar surface area (TPSA) is 126 Å². The quantitative estimate of drug-likeness (QED) is 0.743. The fraction of sp³-hybridized carbons (Fsp3) is 0.500. The number of nitrogens with two attached hydrogens (primary N) is 1. The number of carboxylic acids is 1. The normalized spacial score (nSPS) is 19.3. The van der Waals surface area contributed by atoms with Crippen LogP contribution in [-0.2, 0) is 4.79 Å². The van der Waals surface area contributed by atoms with Crippen LogP contribution in [-0.4, -0.2) is 46.0 Å². The average molecular weight is 312 g/mol. The summed E-state index contributed by atoms with van der Waals surface area (Å²) < 4.78 is 0. The van der Waals surface area contributed by atoms with Crippen LogP contribution >= 0.6 is 11.3 Å². The Kier molecular flexibility index (Phi) is 4.41. The molecule has 2 atom stereocenters. The number of hydrogen-bond acceptors (Lipinski definition) is 5. The second-order valence-corrected chi connectivity index (χ2v) is 5.77. The lowest BCUT2D eigenvalue weighted by molar-refractivity contribution is -0.121. The molecule has 0 bridgehead atoms. The lowest BCUT2D eigenvalue weighted by atomic mass is 10.1. The molecule has 1 aliphatic rings. The maximum atomic E-state index is 12.1. The van der Waals surface area contributed by atoms with Gasteiger partial charge < -0.3 is 21.1 Å². The zero-order valence-corrected chi connectivity index (χ0v) is 12.2. The SMILES string of the molecule is CC(NC(=O)N1CCC(C(N)=O)C1)c1nc(C(=O)O)cs1. The van der Waals surface area contributed by atoms with Crippen molar-refractivity contribution in [3.63, 3.8) is 0 Å². The Labute approximate surface area is 124 Å². The summed E-state index contributed by atoms with van der Waals surface area (Å²) in [5.41, 5.74) is 5.19. The van der Waals surface area contributed by atoms with Gasteiger partial charge in [-0.25, -0.2) is 14.6 Å². The first-order valence-corrected chi connectivity index (χ1v) is 7.30. The highest BCUT2D eigenvalue weighted by Crippen LogP contribution is 2.20. The zero-order valence-electron chi connectivity index (χ0n) is 11.4. The van der Waals surface area contributed by atoms with Gasteiger partial charge >= 0.3 is 12.0 Å². The minimum Gasteiger partial charge on any atom is -0.476 e. The number of thiazole rings is 1. The molecule has 21 heavy (non-hydrogen) atoms. The van der Waals surface area contributed by atoms with E-state index in [2.05, 4.69) is 10.3 Å². The molecule has 9 heteroatoms. The number of carbonyl (C=O) groups excluding carboxylic acids is 2.